The van der Waals surface area contributed by atoms with E-state index in [1.807, 2.05) is 18.2 Å². The van der Waals surface area contributed by atoms with Gasteiger partial charge in [-0.15, -0.1) is 17.0 Å². The Morgan fingerprint density at radius 3 is 2.42 bits per heavy atom. The van der Waals surface area contributed by atoms with Gasteiger partial charge in [0.05, 0.1) is 6.04 Å². The van der Waals surface area contributed by atoms with Crippen molar-refractivity contribution < 1.29 is 10.2 Å². The lowest BCUT2D eigenvalue weighted by Gasteiger charge is -2.27. The van der Waals surface area contributed by atoms with Gasteiger partial charge in [-0.3, -0.25) is 0 Å². The third kappa shape index (κ3) is 2.60. The summed E-state index contributed by atoms with van der Waals surface area (Å²) < 4.78 is 0. The van der Waals surface area contributed by atoms with Crippen LogP contribution in [0.2, 0.25) is 0 Å². The minimum Gasteiger partial charge on any atom is -0.504 e. The summed E-state index contributed by atoms with van der Waals surface area (Å²) in [5, 5.41) is 22.7. The maximum Gasteiger partial charge on any atom is 0.157 e. The number of fused-ring (bicyclic) bond motifs is 1. The molecular weight excluding hydrogens is 306 g/mol. The molecule has 19 heavy (non-hydrogen) atoms. The molecule has 0 saturated heterocycles. The lowest BCUT2D eigenvalue weighted by Crippen LogP contribution is -2.30. The molecule has 1 unspecified atom stereocenters. The Morgan fingerprint density at radius 1 is 1.00 bits per heavy atom. The predicted molar refractivity (Wildman–Crippen MR) is 80.1 cm³/mol. The molecule has 4 heteroatoms. The number of nitrogens with one attached hydrogen (secondary N) is 1. The molecule has 0 fully saturated rings. The van der Waals surface area contributed by atoms with Crippen molar-refractivity contribution in [2.24, 2.45) is 0 Å². The maximum atomic E-state index is 9.66. The number of halogens is 1. The van der Waals surface area contributed by atoms with Gasteiger partial charge >= 0.3 is 0 Å². The van der Waals surface area contributed by atoms with Crippen LogP contribution in [0.25, 0.3) is 0 Å². The number of phenols is 2. The molecule has 1 aliphatic rings. The molecule has 0 bridgehead atoms. The fourth-order valence-electron chi connectivity index (χ4n) is 2.53. The molecule has 3 N–H and O–H groups in total. The van der Waals surface area contributed by atoms with Crippen LogP contribution in [-0.4, -0.2) is 16.8 Å². The van der Waals surface area contributed by atoms with Crippen molar-refractivity contribution in [1.29, 1.82) is 0 Å². The number of phenolic OH excluding ortho intramolecular Hbond substituents is 2. The average molecular weight is 322 g/mol. The molecule has 0 saturated carbocycles. The first kappa shape index (κ1) is 13.9. The van der Waals surface area contributed by atoms with E-state index in [0.717, 1.165) is 24.1 Å². The van der Waals surface area contributed by atoms with Gasteiger partial charge in [-0.05, 0) is 35.2 Å². The summed E-state index contributed by atoms with van der Waals surface area (Å²) in [4.78, 5) is 0. The van der Waals surface area contributed by atoms with Crippen LogP contribution in [0.3, 0.4) is 0 Å². The van der Waals surface area contributed by atoms with Crippen molar-refractivity contribution in [2.75, 3.05) is 6.54 Å². The van der Waals surface area contributed by atoms with E-state index in [0.29, 0.717) is 0 Å². The van der Waals surface area contributed by atoms with E-state index >= 15 is 0 Å². The molecule has 2 aromatic carbocycles. The minimum absolute atomic E-state index is 0. The molecule has 100 valence electrons. The summed E-state index contributed by atoms with van der Waals surface area (Å²) in [6.07, 6.45) is 0.868. The van der Waals surface area contributed by atoms with E-state index in [1.165, 1.54) is 5.56 Å². The Balaban J connectivity index is 0.00000133. The van der Waals surface area contributed by atoms with Crippen LogP contribution in [0, 0.1) is 0 Å². The monoisotopic (exact) mass is 321 g/mol. The first-order valence-corrected chi connectivity index (χ1v) is 6.09. The molecule has 3 nitrogen and oxygen atoms in total. The quantitative estimate of drug-likeness (QED) is 0.708. The molecule has 0 radical (unpaired) electrons. The van der Waals surface area contributed by atoms with Crippen LogP contribution in [0.4, 0.5) is 0 Å². The fraction of sp³-hybridized carbons (Fsp3) is 0.200. The van der Waals surface area contributed by atoms with E-state index in [4.69, 9.17) is 0 Å². The molecule has 0 aromatic heterocycles. The highest BCUT2D eigenvalue weighted by Gasteiger charge is 2.22. The summed E-state index contributed by atoms with van der Waals surface area (Å²) in [6.45, 7) is 0.872. The molecule has 0 amide bonds. The molecule has 1 heterocycles. The minimum atomic E-state index is -0.0571. The highest BCUT2D eigenvalue weighted by molar-refractivity contribution is 8.93. The van der Waals surface area contributed by atoms with Gasteiger partial charge in [0.25, 0.3) is 0 Å². The Morgan fingerprint density at radius 2 is 1.68 bits per heavy atom. The summed E-state index contributed by atoms with van der Waals surface area (Å²) >= 11 is 0. The largest absolute Gasteiger partial charge is 0.504 e. The molecule has 3 rings (SSSR count). The topological polar surface area (TPSA) is 52.5 Å². The Labute approximate surface area is 122 Å². The zero-order valence-electron chi connectivity index (χ0n) is 10.3. The molecule has 0 aliphatic carbocycles. The third-order valence-corrected chi connectivity index (χ3v) is 3.42. The number of rotatable bonds is 1. The van der Waals surface area contributed by atoms with E-state index < -0.39 is 0 Å². The standard InChI is InChI=1S/C15H15NO2.BrH/c17-13-8-11-6-7-16-15(12(11)9-14(13)18)10-4-2-1-3-5-10;/h1-5,8-9,15-18H,6-7H2;1H. The Hall–Kier alpha value is -1.52. The Kier molecular flexibility index (Phi) is 4.12. The first-order chi connectivity index (χ1) is 8.75. The summed E-state index contributed by atoms with van der Waals surface area (Å²) in [7, 11) is 0. The van der Waals surface area contributed by atoms with Crippen LogP contribution in [-0.2, 0) is 6.42 Å². The highest BCUT2D eigenvalue weighted by atomic mass is 79.9. The lowest BCUT2D eigenvalue weighted by molar-refractivity contribution is 0.400. The van der Waals surface area contributed by atoms with E-state index in [1.54, 1.807) is 12.1 Å². The Bertz CT molecular complexity index is 572. The molecule has 0 spiro atoms. The molecule has 1 aliphatic heterocycles. The third-order valence-electron chi connectivity index (χ3n) is 3.42. The smallest absolute Gasteiger partial charge is 0.157 e. The summed E-state index contributed by atoms with van der Waals surface area (Å²) in [5.41, 5.74) is 3.31. The number of hydrogen-bond donors (Lipinski definition) is 3. The zero-order valence-corrected chi connectivity index (χ0v) is 12.0. The molecular formula is C15H16BrNO2. The zero-order chi connectivity index (χ0) is 12.5. The van der Waals surface area contributed by atoms with Gasteiger partial charge in [-0.25, -0.2) is 0 Å². The van der Waals surface area contributed by atoms with Gasteiger partial charge in [-0.2, -0.15) is 0 Å². The summed E-state index contributed by atoms with van der Waals surface area (Å²) in [6, 6.07) is 13.5. The molecule has 1 atom stereocenters. The van der Waals surface area contributed by atoms with Crippen molar-refractivity contribution in [1.82, 2.24) is 5.32 Å². The van der Waals surface area contributed by atoms with E-state index in [-0.39, 0.29) is 34.5 Å². The van der Waals surface area contributed by atoms with Crippen molar-refractivity contribution in [3.05, 3.63) is 59.2 Å². The van der Waals surface area contributed by atoms with Gasteiger partial charge in [0.2, 0.25) is 0 Å². The van der Waals surface area contributed by atoms with Crippen LogP contribution < -0.4 is 5.32 Å². The van der Waals surface area contributed by atoms with Gasteiger partial charge < -0.3 is 15.5 Å². The molecule has 2 aromatic rings. The predicted octanol–water partition coefficient (Wildman–Crippen LogP) is 2.91. The van der Waals surface area contributed by atoms with Gasteiger partial charge in [-0.1, -0.05) is 30.3 Å². The second-order valence-electron chi connectivity index (χ2n) is 4.59. The van der Waals surface area contributed by atoms with Gasteiger partial charge in [0, 0.05) is 6.54 Å². The van der Waals surface area contributed by atoms with Crippen molar-refractivity contribution in [3.8, 4) is 11.5 Å². The van der Waals surface area contributed by atoms with Crippen LogP contribution >= 0.6 is 17.0 Å². The SMILES string of the molecule is Br.Oc1cc2c(cc1O)C(c1ccccc1)NCC2. The second-order valence-corrected chi connectivity index (χ2v) is 4.59. The van der Waals surface area contributed by atoms with Gasteiger partial charge in [0.1, 0.15) is 0 Å². The van der Waals surface area contributed by atoms with E-state index in [9.17, 15) is 10.2 Å². The van der Waals surface area contributed by atoms with Crippen molar-refractivity contribution in [3.63, 3.8) is 0 Å². The first-order valence-electron chi connectivity index (χ1n) is 6.09. The van der Waals surface area contributed by atoms with Crippen LogP contribution in [0.15, 0.2) is 42.5 Å². The number of benzene rings is 2. The maximum absolute atomic E-state index is 9.66. The van der Waals surface area contributed by atoms with Crippen LogP contribution in [0.1, 0.15) is 22.7 Å². The normalized spacial score (nSPS) is 17.4. The number of aromatic hydroxyl groups is 2. The van der Waals surface area contributed by atoms with E-state index in [2.05, 4.69) is 17.4 Å². The van der Waals surface area contributed by atoms with Crippen molar-refractivity contribution in [2.45, 2.75) is 12.5 Å². The summed E-state index contributed by atoms with van der Waals surface area (Å²) in [5.74, 6) is -0.0964. The van der Waals surface area contributed by atoms with Gasteiger partial charge in [0.15, 0.2) is 11.5 Å². The lowest BCUT2D eigenvalue weighted by atomic mass is 9.89. The second kappa shape index (κ2) is 5.63. The fourth-order valence-corrected chi connectivity index (χ4v) is 2.53. The number of hydrogen-bond acceptors (Lipinski definition) is 3. The van der Waals surface area contributed by atoms with Crippen LogP contribution in [0.5, 0.6) is 11.5 Å². The average Bonchev–Trinajstić information content (AvgIpc) is 2.40. The van der Waals surface area contributed by atoms with Crippen molar-refractivity contribution >= 4 is 17.0 Å². The highest BCUT2D eigenvalue weighted by Crippen LogP contribution is 2.35.